The minimum atomic E-state index is -0.885. The van der Waals surface area contributed by atoms with Gasteiger partial charge in [-0.25, -0.2) is 19.2 Å². The van der Waals surface area contributed by atoms with Crippen LogP contribution in [0.15, 0.2) is 133 Å². The van der Waals surface area contributed by atoms with Crippen LogP contribution in [-0.4, -0.2) is 80.3 Å². The highest BCUT2D eigenvalue weighted by Crippen LogP contribution is 2.53. The third kappa shape index (κ3) is 13.2. The Hall–Kier alpha value is -9.24. The van der Waals surface area contributed by atoms with Gasteiger partial charge in [0.05, 0.1) is 33.4 Å². The van der Waals surface area contributed by atoms with Crippen LogP contribution in [-0.2, 0) is 13.1 Å². The number of ether oxygens (including phenoxy) is 4. The molecule has 8 aromatic rings. The number of esters is 4. The Balaban J connectivity index is 1.41. The van der Waals surface area contributed by atoms with E-state index in [0.717, 1.165) is 22.3 Å². The summed E-state index contributed by atoms with van der Waals surface area (Å²) in [6.45, 7) is 25.3. The van der Waals surface area contributed by atoms with Crippen molar-refractivity contribution in [2.45, 2.75) is 120 Å². The van der Waals surface area contributed by atoms with Crippen molar-refractivity contribution in [2.75, 3.05) is 26.2 Å². The number of hydrogen-bond acceptors (Lipinski definition) is 14. The highest BCUT2D eigenvalue weighted by molar-refractivity contribution is 5.94. The van der Waals surface area contributed by atoms with Crippen LogP contribution >= 0.6 is 0 Å². The standard InChI is InChI=1S/C74H78N2O12/c1-13-75(14-2)39-61-67(77)57-35-58(68(61)78)46(10)54-34-56(66(88-74(84)52-31-23-44(8)24-32-52)38-64(54)86-72(82)50-27-19-42(6)20-28-50)48(12)60-36-59(69(79)62(70(60)80)40-76(15-3)16-4)47(11)55-33-53(45(57)9)63(85-71(81)49-25-17-41(5)18-26-49)37-65(55)87-73(83)51-29-21-43(7)22-30-51/h17-38,45-48,77-80H,13-16,39-40H2,1-12H3. The molecule has 0 aromatic heterocycles. The van der Waals surface area contributed by atoms with Crippen LogP contribution in [0.5, 0.6) is 46.0 Å². The maximum atomic E-state index is 14.5. The summed E-state index contributed by atoms with van der Waals surface area (Å²) >= 11 is 0. The minimum absolute atomic E-state index is 0.00797. The van der Waals surface area contributed by atoms with Crippen molar-refractivity contribution in [1.82, 2.24) is 9.80 Å². The third-order valence-electron chi connectivity index (χ3n) is 17.4. The smallest absolute Gasteiger partial charge is 0.343 e. The number of phenolic OH excluding ortho intramolecular Hbond substituents is 4. The van der Waals surface area contributed by atoms with Gasteiger partial charge in [-0.1, -0.05) is 126 Å². The number of nitrogens with zero attached hydrogens (tertiary/aromatic N) is 2. The van der Waals surface area contributed by atoms with Crippen LogP contribution in [0.1, 0.15) is 198 Å². The van der Waals surface area contributed by atoms with E-state index < -0.39 is 47.5 Å². The Morgan fingerprint density at radius 2 is 0.523 bits per heavy atom. The molecule has 4 atom stereocenters. The minimum Gasteiger partial charge on any atom is -0.507 e. The number of rotatable bonds is 16. The third-order valence-corrected chi connectivity index (χ3v) is 17.4. The Morgan fingerprint density at radius 3 is 0.716 bits per heavy atom. The summed E-state index contributed by atoms with van der Waals surface area (Å²) in [4.78, 5) is 62.0. The summed E-state index contributed by atoms with van der Waals surface area (Å²) in [6.07, 6.45) is 0. The molecule has 0 amide bonds. The number of phenols is 4. The van der Waals surface area contributed by atoms with Crippen molar-refractivity contribution >= 4 is 23.9 Å². The lowest BCUT2D eigenvalue weighted by Crippen LogP contribution is -2.23. The zero-order chi connectivity index (χ0) is 63.4. The summed E-state index contributed by atoms with van der Waals surface area (Å²) in [5.41, 5.74) is 7.76. The Bertz CT molecular complexity index is 3440. The predicted molar refractivity (Wildman–Crippen MR) is 340 cm³/mol. The molecule has 0 spiro atoms. The summed E-state index contributed by atoms with van der Waals surface area (Å²) in [6, 6.07) is 37.4. The molecule has 0 fully saturated rings. The molecule has 0 aliphatic heterocycles. The van der Waals surface area contributed by atoms with Gasteiger partial charge >= 0.3 is 23.9 Å². The van der Waals surface area contributed by atoms with E-state index in [1.54, 1.807) is 121 Å². The summed E-state index contributed by atoms with van der Waals surface area (Å²) in [5.74, 6) is -7.35. The molecular weight excluding hydrogens is 1110 g/mol. The van der Waals surface area contributed by atoms with E-state index in [2.05, 4.69) is 0 Å². The lowest BCUT2D eigenvalue weighted by atomic mass is 9.79. The average Bonchev–Trinajstić information content (AvgIpc) is 0.846. The molecule has 4 unspecified atom stereocenters. The van der Waals surface area contributed by atoms with Crippen LogP contribution in [0.4, 0.5) is 0 Å². The van der Waals surface area contributed by atoms with Gasteiger partial charge in [0.1, 0.15) is 46.0 Å². The SMILES string of the molecule is CCN(CC)Cc1c(O)c2cc(c1O)C(C)c1cc(c(OC(=O)c3ccc(C)cc3)cc1OC(=O)c1ccc(C)cc1)C(C)c1cc(c(O)c(CN(CC)CC)c1O)C(C)c1cc(c(OC(=O)c3ccc(C)cc3)cc1OC(=O)c1ccc(C)cc1)C2C. The van der Waals surface area contributed by atoms with Crippen molar-refractivity contribution in [3.8, 4) is 46.0 Å². The number of aryl methyl sites for hydroxylation is 4. The number of carbonyl (C=O) groups is 4. The second-order valence-electron chi connectivity index (χ2n) is 23.1. The summed E-state index contributed by atoms with van der Waals surface area (Å²) in [5, 5.41) is 51.5. The van der Waals surface area contributed by atoms with Crippen LogP contribution < -0.4 is 18.9 Å². The number of aromatic hydroxyl groups is 4. The maximum Gasteiger partial charge on any atom is 0.343 e. The normalized spacial score (nSPS) is 15.4. The second kappa shape index (κ2) is 26.8. The van der Waals surface area contributed by atoms with Gasteiger partial charge < -0.3 is 39.4 Å². The second-order valence-corrected chi connectivity index (χ2v) is 23.1. The van der Waals surface area contributed by atoms with E-state index in [-0.39, 0.29) is 92.5 Å². The van der Waals surface area contributed by atoms with Gasteiger partial charge in [0.25, 0.3) is 0 Å². The number of hydrogen-bond donors (Lipinski definition) is 4. The Morgan fingerprint density at radius 1 is 0.330 bits per heavy atom. The van der Waals surface area contributed by atoms with Gasteiger partial charge in [0.15, 0.2) is 0 Å². The Labute approximate surface area is 515 Å². The number of benzene rings is 8. The van der Waals surface area contributed by atoms with Crippen LogP contribution in [0.25, 0.3) is 0 Å². The van der Waals surface area contributed by atoms with E-state index in [4.69, 9.17) is 18.9 Å². The zero-order valence-corrected chi connectivity index (χ0v) is 52.2. The molecular formula is C74H78N2O12. The van der Waals surface area contributed by atoms with E-state index in [0.29, 0.717) is 70.7 Å². The molecule has 4 N–H and O–H groups in total. The molecule has 8 aromatic carbocycles. The van der Waals surface area contributed by atoms with E-state index in [1.807, 2.05) is 92.9 Å². The molecule has 456 valence electrons. The number of fused-ring (bicyclic) bond motifs is 8. The average molecular weight is 1190 g/mol. The molecule has 0 heterocycles. The molecule has 88 heavy (non-hydrogen) atoms. The first-order chi connectivity index (χ1) is 42.0. The first kappa shape index (κ1) is 63.3. The highest BCUT2D eigenvalue weighted by Gasteiger charge is 2.35. The van der Waals surface area contributed by atoms with Crippen molar-refractivity contribution in [3.05, 3.63) is 234 Å². The predicted octanol–water partition coefficient (Wildman–Crippen LogP) is 15.2. The monoisotopic (exact) mass is 1190 g/mol. The van der Waals surface area contributed by atoms with Crippen molar-refractivity contribution < 1.29 is 58.6 Å². The first-order valence-corrected chi connectivity index (χ1v) is 30.1. The highest BCUT2D eigenvalue weighted by atomic mass is 16.6. The van der Waals surface area contributed by atoms with Gasteiger partial charge in [-0.15, -0.1) is 0 Å². The van der Waals surface area contributed by atoms with Crippen molar-refractivity contribution in [2.24, 2.45) is 0 Å². The van der Waals surface area contributed by atoms with Crippen LogP contribution in [0.2, 0.25) is 0 Å². The van der Waals surface area contributed by atoms with E-state index >= 15 is 0 Å². The van der Waals surface area contributed by atoms with Gasteiger partial charge in [-0.3, -0.25) is 9.80 Å². The number of carbonyl (C=O) groups excluding carboxylic acids is 4. The van der Waals surface area contributed by atoms with Crippen LogP contribution in [0.3, 0.4) is 0 Å². The van der Waals surface area contributed by atoms with Gasteiger partial charge in [0, 0.05) is 93.4 Å². The lowest BCUT2D eigenvalue weighted by molar-refractivity contribution is 0.0711. The molecule has 14 heteroatoms. The fraction of sp³-hybridized carbons (Fsp3) is 0.297. The summed E-state index contributed by atoms with van der Waals surface area (Å²) in [7, 11) is 0. The van der Waals surface area contributed by atoms with Crippen molar-refractivity contribution in [1.29, 1.82) is 0 Å². The maximum absolute atomic E-state index is 14.5. The molecule has 9 rings (SSSR count). The molecule has 0 saturated heterocycles. The van der Waals surface area contributed by atoms with Crippen molar-refractivity contribution in [3.63, 3.8) is 0 Å². The van der Waals surface area contributed by atoms with E-state index in [1.165, 1.54) is 12.1 Å². The quantitative estimate of drug-likeness (QED) is 0.0527. The largest absolute Gasteiger partial charge is 0.507 e. The molecule has 14 nitrogen and oxygen atoms in total. The van der Waals surface area contributed by atoms with Gasteiger partial charge in [-0.2, -0.15) is 0 Å². The van der Waals surface area contributed by atoms with Crippen LogP contribution in [0, 0.1) is 27.7 Å². The fourth-order valence-electron chi connectivity index (χ4n) is 11.5. The topological polar surface area (TPSA) is 193 Å². The fourth-order valence-corrected chi connectivity index (χ4v) is 11.5. The molecule has 0 saturated carbocycles. The zero-order valence-electron chi connectivity index (χ0n) is 52.2. The molecule has 1 aliphatic carbocycles. The molecule has 8 bridgehead atoms. The Kier molecular flexibility index (Phi) is 19.3. The van der Waals surface area contributed by atoms with E-state index in [9.17, 15) is 39.6 Å². The first-order valence-electron chi connectivity index (χ1n) is 30.1. The lowest BCUT2D eigenvalue weighted by Gasteiger charge is -2.30. The molecule has 1 aliphatic rings. The van der Waals surface area contributed by atoms with Gasteiger partial charge in [-0.05, 0) is 127 Å². The van der Waals surface area contributed by atoms with Gasteiger partial charge in [0.2, 0.25) is 0 Å². The summed E-state index contributed by atoms with van der Waals surface area (Å²) < 4.78 is 25.7. The molecule has 0 radical (unpaired) electrons.